The van der Waals surface area contributed by atoms with Crippen LogP contribution in [0.2, 0.25) is 0 Å². The lowest BCUT2D eigenvalue weighted by atomic mass is 9.85. The molecule has 0 fully saturated rings. The van der Waals surface area contributed by atoms with Gasteiger partial charge < -0.3 is 4.42 Å². The summed E-state index contributed by atoms with van der Waals surface area (Å²) in [5.74, 6) is 0. The van der Waals surface area contributed by atoms with Crippen LogP contribution in [0.15, 0.2) is 138 Å². The van der Waals surface area contributed by atoms with E-state index in [0.717, 1.165) is 11.2 Å². The fourth-order valence-electron chi connectivity index (χ4n) is 6.69. The van der Waals surface area contributed by atoms with E-state index in [1.165, 1.54) is 76.1 Å². The first-order valence-electron chi connectivity index (χ1n) is 13.4. The average Bonchev–Trinajstić information content (AvgIpc) is 3.38. The molecule has 0 bridgehead atoms. The van der Waals surface area contributed by atoms with Gasteiger partial charge in [0, 0.05) is 10.8 Å². The van der Waals surface area contributed by atoms with Gasteiger partial charge in [-0.2, -0.15) is 0 Å². The number of hydrogen-bond donors (Lipinski definition) is 0. The van der Waals surface area contributed by atoms with Gasteiger partial charge in [0.15, 0.2) is 0 Å². The van der Waals surface area contributed by atoms with E-state index in [1.54, 1.807) is 0 Å². The largest absolute Gasteiger partial charge is 0.456 e. The van der Waals surface area contributed by atoms with Gasteiger partial charge in [0.2, 0.25) is 0 Å². The molecule has 0 aliphatic heterocycles. The van der Waals surface area contributed by atoms with Crippen molar-refractivity contribution in [3.63, 3.8) is 0 Å². The molecule has 1 nitrogen and oxygen atoms in total. The fraction of sp³-hybridized carbons (Fsp3) is 0. The molecule has 1 aromatic heterocycles. The van der Waals surface area contributed by atoms with Crippen molar-refractivity contribution in [3.05, 3.63) is 133 Å². The molecule has 0 radical (unpaired) electrons. The predicted molar refractivity (Wildman–Crippen MR) is 166 cm³/mol. The van der Waals surface area contributed by atoms with Crippen molar-refractivity contribution >= 4 is 65.0 Å². The van der Waals surface area contributed by atoms with Gasteiger partial charge in [0.1, 0.15) is 11.2 Å². The van der Waals surface area contributed by atoms with Gasteiger partial charge in [-0.25, -0.2) is 0 Å². The minimum atomic E-state index is 0.945. The van der Waals surface area contributed by atoms with Crippen LogP contribution in [-0.2, 0) is 0 Å². The standard InChI is InChI=1S/C38H22O/c1-2-9-25-20-26(18-16-23(25)8-1)35-29-11-3-5-13-31(29)36(32-14-6-4-12-30(32)35)28-21-27-19-17-24-10-7-15-33-37(24)38(27)34(22-28)39-33/h1-22H. The van der Waals surface area contributed by atoms with E-state index in [9.17, 15) is 0 Å². The van der Waals surface area contributed by atoms with Crippen molar-refractivity contribution in [1.82, 2.24) is 0 Å². The Morgan fingerprint density at radius 2 is 0.872 bits per heavy atom. The van der Waals surface area contributed by atoms with E-state index in [0.29, 0.717) is 0 Å². The van der Waals surface area contributed by atoms with Crippen LogP contribution in [0.25, 0.3) is 87.3 Å². The lowest BCUT2D eigenvalue weighted by Gasteiger charge is -2.18. The van der Waals surface area contributed by atoms with Crippen molar-refractivity contribution in [3.8, 4) is 22.3 Å². The first-order valence-corrected chi connectivity index (χ1v) is 13.4. The Balaban J connectivity index is 1.41. The predicted octanol–water partition coefficient (Wildman–Crippen LogP) is 11.0. The lowest BCUT2D eigenvalue weighted by Crippen LogP contribution is -1.91. The number of fused-ring (bicyclic) bond motifs is 3. The molecule has 0 aliphatic rings. The van der Waals surface area contributed by atoms with Crippen molar-refractivity contribution in [2.75, 3.05) is 0 Å². The highest BCUT2D eigenvalue weighted by Crippen LogP contribution is 2.46. The Bertz CT molecular complexity index is 2330. The van der Waals surface area contributed by atoms with E-state index in [-0.39, 0.29) is 0 Å². The number of benzene rings is 8. The molecule has 0 saturated carbocycles. The molecule has 0 saturated heterocycles. The number of rotatable bonds is 2. The van der Waals surface area contributed by atoms with Gasteiger partial charge in [-0.3, -0.25) is 0 Å². The molecule has 1 heteroatoms. The average molecular weight is 495 g/mol. The van der Waals surface area contributed by atoms with Crippen LogP contribution in [0.1, 0.15) is 0 Å². The van der Waals surface area contributed by atoms with E-state index >= 15 is 0 Å². The molecule has 0 N–H and O–H groups in total. The van der Waals surface area contributed by atoms with Crippen LogP contribution in [0.3, 0.4) is 0 Å². The minimum absolute atomic E-state index is 0.945. The van der Waals surface area contributed by atoms with Crippen LogP contribution in [0, 0.1) is 0 Å². The van der Waals surface area contributed by atoms with Gasteiger partial charge in [0.05, 0.1) is 0 Å². The summed E-state index contributed by atoms with van der Waals surface area (Å²) in [5, 5.41) is 12.4. The Hall–Kier alpha value is -5.14. The monoisotopic (exact) mass is 494 g/mol. The molecule has 0 atom stereocenters. The summed E-state index contributed by atoms with van der Waals surface area (Å²) >= 11 is 0. The van der Waals surface area contributed by atoms with Crippen LogP contribution in [0.4, 0.5) is 0 Å². The minimum Gasteiger partial charge on any atom is -0.456 e. The molecule has 1 heterocycles. The maximum Gasteiger partial charge on any atom is 0.136 e. The summed E-state index contributed by atoms with van der Waals surface area (Å²) in [6, 6.07) is 48.5. The van der Waals surface area contributed by atoms with Crippen molar-refractivity contribution in [2.24, 2.45) is 0 Å². The Labute approximate surface area is 224 Å². The summed E-state index contributed by atoms with van der Waals surface area (Å²) in [7, 11) is 0. The zero-order valence-electron chi connectivity index (χ0n) is 21.1. The topological polar surface area (TPSA) is 13.1 Å². The second-order valence-electron chi connectivity index (χ2n) is 10.5. The molecule has 9 rings (SSSR count). The Morgan fingerprint density at radius 1 is 0.333 bits per heavy atom. The highest BCUT2D eigenvalue weighted by molar-refractivity contribution is 6.25. The first-order chi connectivity index (χ1) is 19.3. The zero-order valence-corrected chi connectivity index (χ0v) is 21.1. The highest BCUT2D eigenvalue weighted by Gasteiger charge is 2.19. The summed E-state index contributed by atoms with van der Waals surface area (Å²) in [5.41, 5.74) is 6.86. The van der Waals surface area contributed by atoms with E-state index < -0.39 is 0 Å². The SMILES string of the molecule is c1ccc2cc(-c3c4ccccc4c(-c4cc5ccc6cccc7oc(c4)c5c67)c4ccccc34)ccc2c1. The van der Waals surface area contributed by atoms with Crippen molar-refractivity contribution in [1.29, 1.82) is 0 Å². The Morgan fingerprint density at radius 3 is 1.62 bits per heavy atom. The lowest BCUT2D eigenvalue weighted by molar-refractivity contribution is 0.669. The zero-order chi connectivity index (χ0) is 25.5. The van der Waals surface area contributed by atoms with Gasteiger partial charge in [-0.05, 0) is 89.6 Å². The molecule has 8 aromatic carbocycles. The fourth-order valence-corrected chi connectivity index (χ4v) is 6.69. The summed E-state index contributed by atoms with van der Waals surface area (Å²) in [6.07, 6.45) is 0. The summed E-state index contributed by atoms with van der Waals surface area (Å²) in [4.78, 5) is 0. The maximum atomic E-state index is 6.43. The van der Waals surface area contributed by atoms with Gasteiger partial charge in [-0.1, -0.05) is 109 Å². The Kier molecular flexibility index (Phi) is 4.11. The highest BCUT2D eigenvalue weighted by atomic mass is 16.3. The number of hydrogen-bond acceptors (Lipinski definition) is 1. The molecule has 39 heavy (non-hydrogen) atoms. The smallest absolute Gasteiger partial charge is 0.136 e. The second-order valence-corrected chi connectivity index (χ2v) is 10.5. The first kappa shape index (κ1) is 20.9. The van der Waals surface area contributed by atoms with E-state index in [4.69, 9.17) is 4.42 Å². The van der Waals surface area contributed by atoms with E-state index in [1.807, 2.05) is 0 Å². The third kappa shape index (κ3) is 2.90. The van der Waals surface area contributed by atoms with Crippen LogP contribution < -0.4 is 0 Å². The molecule has 0 spiro atoms. The van der Waals surface area contributed by atoms with Crippen molar-refractivity contribution < 1.29 is 4.42 Å². The van der Waals surface area contributed by atoms with Crippen molar-refractivity contribution in [2.45, 2.75) is 0 Å². The maximum absolute atomic E-state index is 6.43. The van der Waals surface area contributed by atoms with E-state index in [2.05, 4.69) is 133 Å². The van der Waals surface area contributed by atoms with Crippen LogP contribution >= 0.6 is 0 Å². The molecule has 0 aliphatic carbocycles. The second kappa shape index (κ2) is 7.69. The summed E-state index contributed by atoms with van der Waals surface area (Å²) < 4.78 is 6.43. The molecule has 0 amide bonds. The number of furan rings is 1. The van der Waals surface area contributed by atoms with Crippen LogP contribution in [-0.4, -0.2) is 0 Å². The quantitative estimate of drug-likeness (QED) is 0.172. The normalized spacial score (nSPS) is 12.1. The molecule has 180 valence electrons. The third-order valence-electron chi connectivity index (χ3n) is 8.36. The van der Waals surface area contributed by atoms with Gasteiger partial charge in [0.25, 0.3) is 0 Å². The molecule has 0 unspecified atom stereocenters. The summed E-state index contributed by atoms with van der Waals surface area (Å²) in [6.45, 7) is 0. The third-order valence-corrected chi connectivity index (χ3v) is 8.36. The molecular weight excluding hydrogens is 472 g/mol. The molecular formula is C38H22O. The van der Waals surface area contributed by atoms with Crippen LogP contribution in [0.5, 0.6) is 0 Å². The van der Waals surface area contributed by atoms with Gasteiger partial charge in [-0.15, -0.1) is 0 Å². The molecule has 9 aromatic rings. The van der Waals surface area contributed by atoms with Gasteiger partial charge >= 0.3 is 0 Å².